The van der Waals surface area contributed by atoms with Crippen molar-refractivity contribution in [3.63, 3.8) is 0 Å². The van der Waals surface area contributed by atoms with E-state index in [0.717, 1.165) is 0 Å². The zero-order valence-electron chi connectivity index (χ0n) is 6.17. The van der Waals surface area contributed by atoms with Crippen molar-refractivity contribution in [3.05, 3.63) is 0 Å². The summed E-state index contributed by atoms with van der Waals surface area (Å²) in [5.74, 6) is -1.06. The lowest BCUT2D eigenvalue weighted by Crippen LogP contribution is -2.29. The van der Waals surface area contributed by atoms with E-state index in [1.807, 2.05) is 0 Å². The van der Waals surface area contributed by atoms with Gasteiger partial charge in [-0.2, -0.15) is 0 Å². The SMILES string of the molecule is O=C(O)[C@@H]1C[C@@H](P(=O)(O)O)CN1. The molecule has 1 heterocycles. The van der Waals surface area contributed by atoms with Gasteiger partial charge < -0.3 is 20.2 Å². The molecule has 6 nitrogen and oxygen atoms in total. The topological polar surface area (TPSA) is 107 Å². The van der Waals surface area contributed by atoms with E-state index in [-0.39, 0.29) is 13.0 Å². The Bertz CT molecular complexity index is 236. The Labute approximate surface area is 68.8 Å². The highest BCUT2D eigenvalue weighted by Crippen LogP contribution is 2.44. The summed E-state index contributed by atoms with van der Waals surface area (Å²) in [5, 5.41) is 11.0. The van der Waals surface area contributed by atoms with Gasteiger partial charge in [0.05, 0.1) is 5.66 Å². The van der Waals surface area contributed by atoms with Crippen molar-refractivity contribution in [3.8, 4) is 0 Å². The fourth-order valence-corrected chi connectivity index (χ4v) is 1.99. The van der Waals surface area contributed by atoms with Crippen LogP contribution in [0.1, 0.15) is 6.42 Å². The van der Waals surface area contributed by atoms with E-state index >= 15 is 0 Å². The zero-order chi connectivity index (χ0) is 9.35. The highest BCUT2D eigenvalue weighted by Gasteiger charge is 2.38. The first-order valence-electron chi connectivity index (χ1n) is 3.42. The molecule has 0 unspecified atom stereocenters. The Morgan fingerprint density at radius 3 is 2.33 bits per heavy atom. The molecular formula is C5H10NO5P. The van der Waals surface area contributed by atoms with E-state index in [0.29, 0.717) is 0 Å². The standard InChI is InChI=1S/C5H10NO5P/c7-5(8)4-1-3(2-6-4)12(9,10)11/h3-4,6H,1-2H2,(H,7,8)(H2,9,10,11)/t3-,4+/m1/s1. The minimum Gasteiger partial charge on any atom is -0.480 e. The molecule has 1 fully saturated rings. The van der Waals surface area contributed by atoms with Gasteiger partial charge in [0.15, 0.2) is 0 Å². The van der Waals surface area contributed by atoms with Gasteiger partial charge in [-0.15, -0.1) is 0 Å². The Kier molecular flexibility index (Phi) is 2.53. The Balaban J connectivity index is 2.57. The van der Waals surface area contributed by atoms with Crippen LogP contribution in [0, 0.1) is 0 Å². The molecule has 0 bridgehead atoms. The van der Waals surface area contributed by atoms with Crippen LogP contribution in [0.25, 0.3) is 0 Å². The van der Waals surface area contributed by atoms with Gasteiger partial charge in [-0.1, -0.05) is 0 Å². The monoisotopic (exact) mass is 195 g/mol. The second-order valence-electron chi connectivity index (χ2n) is 2.78. The molecule has 1 aliphatic rings. The fraction of sp³-hybridized carbons (Fsp3) is 0.800. The normalized spacial score (nSPS) is 30.5. The van der Waals surface area contributed by atoms with Crippen molar-refractivity contribution in [2.24, 2.45) is 0 Å². The van der Waals surface area contributed by atoms with E-state index < -0.39 is 25.3 Å². The third-order valence-corrected chi connectivity index (χ3v) is 3.23. The summed E-state index contributed by atoms with van der Waals surface area (Å²) < 4.78 is 10.7. The molecule has 0 aromatic heterocycles. The lowest BCUT2D eigenvalue weighted by atomic mass is 10.2. The third-order valence-electron chi connectivity index (χ3n) is 1.88. The van der Waals surface area contributed by atoms with Crippen LogP contribution in [0.4, 0.5) is 0 Å². The maximum Gasteiger partial charge on any atom is 0.329 e. The van der Waals surface area contributed by atoms with Crippen molar-refractivity contribution in [1.29, 1.82) is 0 Å². The van der Waals surface area contributed by atoms with Gasteiger partial charge in [0.1, 0.15) is 6.04 Å². The van der Waals surface area contributed by atoms with Crippen molar-refractivity contribution >= 4 is 13.6 Å². The molecule has 0 aromatic rings. The number of rotatable bonds is 2. The van der Waals surface area contributed by atoms with Crippen LogP contribution in [0.2, 0.25) is 0 Å². The molecule has 12 heavy (non-hydrogen) atoms. The third kappa shape index (κ3) is 2.04. The molecular weight excluding hydrogens is 185 g/mol. The molecule has 2 atom stereocenters. The van der Waals surface area contributed by atoms with Gasteiger partial charge in [-0.3, -0.25) is 9.36 Å². The average Bonchev–Trinajstić information content (AvgIpc) is 2.30. The molecule has 1 rings (SSSR count). The van der Waals surface area contributed by atoms with Crippen LogP contribution in [0.5, 0.6) is 0 Å². The highest BCUT2D eigenvalue weighted by atomic mass is 31.2. The second-order valence-corrected chi connectivity index (χ2v) is 4.69. The fourth-order valence-electron chi connectivity index (χ4n) is 1.16. The lowest BCUT2D eigenvalue weighted by Gasteiger charge is -2.09. The van der Waals surface area contributed by atoms with Crippen molar-refractivity contribution in [1.82, 2.24) is 5.32 Å². The number of aliphatic carboxylic acids is 1. The van der Waals surface area contributed by atoms with E-state index in [1.54, 1.807) is 0 Å². The lowest BCUT2D eigenvalue weighted by molar-refractivity contribution is -0.139. The number of carboxylic acids is 1. The van der Waals surface area contributed by atoms with Gasteiger partial charge in [0.25, 0.3) is 0 Å². The quantitative estimate of drug-likeness (QED) is 0.420. The van der Waals surface area contributed by atoms with Crippen LogP contribution < -0.4 is 5.32 Å². The Hall–Kier alpha value is -0.420. The van der Waals surface area contributed by atoms with Crippen LogP contribution in [-0.4, -0.2) is 39.1 Å². The van der Waals surface area contributed by atoms with Gasteiger partial charge >= 0.3 is 13.6 Å². The molecule has 0 saturated carbocycles. The summed E-state index contributed by atoms with van der Waals surface area (Å²) in [7, 11) is -4.12. The summed E-state index contributed by atoms with van der Waals surface area (Å²) in [6.45, 7) is 0.0707. The molecule has 70 valence electrons. The minimum atomic E-state index is -4.12. The second kappa shape index (κ2) is 3.14. The van der Waals surface area contributed by atoms with Crippen molar-refractivity contribution in [2.45, 2.75) is 18.1 Å². The Morgan fingerprint density at radius 2 is 2.08 bits per heavy atom. The maximum atomic E-state index is 10.7. The predicted molar refractivity (Wildman–Crippen MR) is 39.9 cm³/mol. The number of hydrogen-bond donors (Lipinski definition) is 4. The van der Waals surface area contributed by atoms with Crippen LogP contribution in [0.3, 0.4) is 0 Å². The zero-order valence-corrected chi connectivity index (χ0v) is 7.07. The summed E-state index contributed by atoms with van der Waals surface area (Å²) in [4.78, 5) is 27.7. The largest absolute Gasteiger partial charge is 0.480 e. The summed E-state index contributed by atoms with van der Waals surface area (Å²) in [5.41, 5.74) is -0.849. The van der Waals surface area contributed by atoms with Gasteiger partial charge in [0.2, 0.25) is 0 Å². The molecule has 0 amide bonds. The Morgan fingerprint density at radius 1 is 1.50 bits per heavy atom. The molecule has 0 radical (unpaired) electrons. The molecule has 0 aliphatic carbocycles. The van der Waals surface area contributed by atoms with E-state index in [9.17, 15) is 9.36 Å². The smallest absolute Gasteiger partial charge is 0.329 e. The first-order valence-corrected chi connectivity index (χ1v) is 5.11. The van der Waals surface area contributed by atoms with E-state index in [2.05, 4.69) is 5.32 Å². The van der Waals surface area contributed by atoms with E-state index in [4.69, 9.17) is 14.9 Å². The summed E-state index contributed by atoms with van der Waals surface area (Å²) in [6.07, 6.45) is -0.000386. The first-order chi connectivity index (χ1) is 5.41. The summed E-state index contributed by atoms with van der Waals surface area (Å²) in [6, 6.07) is -0.817. The van der Waals surface area contributed by atoms with E-state index in [1.165, 1.54) is 0 Å². The van der Waals surface area contributed by atoms with Crippen molar-refractivity contribution in [2.75, 3.05) is 6.54 Å². The first kappa shape index (κ1) is 9.67. The molecule has 4 N–H and O–H groups in total. The van der Waals surface area contributed by atoms with Crippen LogP contribution >= 0.6 is 7.60 Å². The number of carboxylic acid groups (broad SMARTS) is 1. The van der Waals surface area contributed by atoms with Crippen LogP contribution in [0.15, 0.2) is 0 Å². The molecule has 1 aliphatic heterocycles. The molecule has 0 spiro atoms. The maximum absolute atomic E-state index is 10.7. The predicted octanol–water partition coefficient (Wildman–Crippen LogP) is -1.02. The highest BCUT2D eigenvalue weighted by molar-refractivity contribution is 7.52. The number of nitrogens with one attached hydrogen (secondary N) is 1. The molecule has 0 aromatic carbocycles. The number of carbonyl (C=O) groups is 1. The van der Waals surface area contributed by atoms with Gasteiger partial charge in [-0.25, -0.2) is 0 Å². The van der Waals surface area contributed by atoms with Gasteiger partial charge in [-0.05, 0) is 6.42 Å². The minimum absolute atomic E-state index is 0.000386. The average molecular weight is 195 g/mol. The molecule has 7 heteroatoms. The van der Waals surface area contributed by atoms with Crippen molar-refractivity contribution < 1.29 is 24.3 Å². The summed E-state index contributed by atoms with van der Waals surface area (Å²) >= 11 is 0. The number of hydrogen-bond acceptors (Lipinski definition) is 3. The van der Waals surface area contributed by atoms with Gasteiger partial charge in [0, 0.05) is 6.54 Å². The molecule has 1 saturated heterocycles. The van der Waals surface area contributed by atoms with Crippen LogP contribution in [-0.2, 0) is 9.36 Å².